The summed E-state index contributed by atoms with van der Waals surface area (Å²) in [6.45, 7) is 0. The monoisotopic (exact) mass is 534 g/mol. The van der Waals surface area contributed by atoms with Crippen LogP contribution in [0.4, 0.5) is 35.1 Å². The van der Waals surface area contributed by atoms with E-state index in [0.717, 1.165) is 14.2 Å². The van der Waals surface area contributed by atoms with Crippen molar-refractivity contribution in [1.29, 1.82) is 0 Å². The zero-order valence-electron chi connectivity index (χ0n) is 17.0. The second-order valence-corrected chi connectivity index (χ2v) is 7.16. The van der Waals surface area contributed by atoms with E-state index in [2.05, 4.69) is 9.47 Å². The van der Waals surface area contributed by atoms with E-state index in [1.165, 1.54) is 0 Å². The molecule has 184 valence electrons. The van der Waals surface area contributed by atoms with Gasteiger partial charge in [0.1, 0.15) is 0 Å². The SMILES string of the molecule is COc1cc(/C=C/C(=O)/C=C/c2cc(OC)c(F)c(Cl)c2C(F)(F)F)c(C(F)(F)F)c(Cl)c1F. The quantitative estimate of drug-likeness (QED) is 0.282. The van der Waals surface area contributed by atoms with E-state index in [-0.39, 0.29) is 0 Å². The Bertz CT molecular complexity index is 1080. The van der Waals surface area contributed by atoms with E-state index in [9.17, 15) is 39.9 Å². The number of ketones is 1. The van der Waals surface area contributed by atoms with Gasteiger partial charge in [0, 0.05) is 0 Å². The summed E-state index contributed by atoms with van der Waals surface area (Å²) in [6, 6.07) is 1.29. The van der Waals surface area contributed by atoms with Gasteiger partial charge in [0.05, 0.1) is 35.4 Å². The fourth-order valence-corrected chi connectivity index (χ4v) is 3.40. The van der Waals surface area contributed by atoms with Gasteiger partial charge in [-0.2, -0.15) is 26.3 Å². The second kappa shape index (κ2) is 10.2. The number of ether oxygens (including phenoxy) is 2. The van der Waals surface area contributed by atoms with E-state index in [1.54, 1.807) is 0 Å². The highest BCUT2D eigenvalue weighted by atomic mass is 35.5. The molecule has 34 heavy (non-hydrogen) atoms. The Hall–Kier alpha value is -2.79. The minimum absolute atomic E-state index is 0.574. The van der Waals surface area contributed by atoms with Gasteiger partial charge in [-0.25, -0.2) is 8.78 Å². The summed E-state index contributed by atoms with van der Waals surface area (Å²) in [5.41, 5.74) is -4.65. The van der Waals surface area contributed by atoms with Gasteiger partial charge < -0.3 is 9.47 Å². The molecule has 2 rings (SSSR count). The lowest BCUT2D eigenvalue weighted by molar-refractivity contribution is -0.138. The fraction of sp³-hybridized carbons (Fsp3) is 0.190. The number of hydrogen-bond acceptors (Lipinski definition) is 3. The largest absolute Gasteiger partial charge is 0.494 e. The van der Waals surface area contributed by atoms with Gasteiger partial charge in [-0.15, -0.1) is 0 Å². The van der Waals surface area contributed by atoms with Crippen LogP contribution in [-0.2, 0) is 17.1 Å². The number of allylic oxidation sites excluding steroid dienone is 2. The average molecular weight is 535 g/mol. The Balaban J connectivity index is 2.51. The molecule has 0 spiro atoms. The molecule has 3 nitrogen and oxygen atoms in total. The number of benzene rings is 2. The molecule has 0 saturated heterocycles. The minimum atomic E-state index is -5.11. The zero-order valence-corrected chi connectivity index (χ0v) is 18.5. The molecule has 0 heterocycles. The van der Waals surface area contributed by atoms with Crippen molar-refractivity contribution in [1.82, 2.24) is 0 Å². The molecule has 0 N–H and O–H groups in total. The van der Waals surface area contributed by atoms with Crippen molar-refractivity contribution in [3.63, 3.8) is 0 Å². The molecule has 0 aliphatic carbocycles. The predicted molar refractivity (Wildman–Crippen MR) is 109 cm³/mol. The van der Waals surface area contributed by atoms with Gasteiger partial charge >= 0.3 is 12.4 Å². The highest BCUT2D eigenvalue weighted by molar-refractivity contribution is 6.32. The molecule has 13 heteroatoms. The van der Waals surface area contributed by atoms with Crippen molar-refractivity contribution in [2.75, 3.05) is 14.2 Å². The van der Waals surface area contributed by atoms with Crippen LogP contribution in [0.15, 0.2) is 24.3 Å². The standard InChI is InChI=1S/C21H12Cl2F8O3/c1-33-12-7-9(14(20(26,27)28)16(22)18(12)24)3-5-11(32)6-4-10-8-13(34-2)19(25)17(23)15(10)21(29,30)31/h3-8H,1-2H3/b5-3+,6-4+. The van der Waals surface area contributed by atoms with Crippen molar-refractivity contribution < 1.29 is 49.4 Å². The molecule has 0 atom stereocenters. The Morgan fingerprint density at radius 3 is 1.35 bits per heavy atom. The summed E-state index contributed by atoms with van der Waals surface area (Å²) in [7, 11) is 1.95. The second-order valence-electron chi connectivity index (χ2n) is 6.41. The molecule has 2 aromatic rings. The molecule has 0 radical (unpaired) electrons. The number of methoxy groups -OCH3 is 2. The summed E-state index contributed by atoms with van der Waals surface area (Å²) >= 11 is 10.9. The Kier molecular flexibility index (Phi) is 8.26. The van der Waals surface area contributed by atoms with Crippen LogP contribution >= 0.6 is 23.2 Å². The number of carbonyl (C=O) groups excluding carboxylic acids is 1. The Morgan fingerprint density at radius 1 is 0.765 bits per heavy atom. The summed E-state index contributed by atoms with van der Waals surface area (Å²) in [4.78, 5) is 12.1. The molecular formula is C21H12Cl2F8O3. The van der Waals surface area contributed by atoms with Gasteiger partial charge in [-0.05, 0) is 35.4 Å². The first-order chi connectivity index (χ1) is 15.6. The first-order valence-electron chi connectivity index (χ1n) is 8.79. The lowest BCUT2D eigenvalue weighted by atomic mass is 10.0. The predicted octanol–water partition coefficient (Wildman–Crippen LogP) is 7.62. The summed E-state index contributed by atoms with van der Waals surface area (Å²) in [5.74, 6) is -5.28. The third-order valence-corrected chi connectivity index (χ3v) is 4.98. The van der Waals surface area contributed by atoms with E-state index in [4.69, 9.17) is 23.2 Å². The zero-order chi connectivity index (χ0) is 26.0. The maximum atomic E-state index is 13.9. The number of alkyl halides is 6. The molecule has 0 aliphatic rings. The smallest absolute Gasteiger partial charge is 0.418 e. The normalized spacial score (nSPS) is 12.6. The van der Waals surface area contributed by atoms with Crippen LogP contribution < -0.4 is 9.47 Å². The van der Waals surface area contributed by atoms with Crippen molar-refractivity contribution in [2.24, 2.45) is 0 Å². The maximum Gasteiger partial charge on any atom is 0.418 e. The van der Waals surface area contributed by atoms with Gasteiger partial charge in [-0.3, -0.25) is 4.79 Å². The highest BCUT2D eigenvalue weighted by Crippen LogP contribution is 2.43. The van der Waals surface area contributed by atoms with Crippen LogP contribution in [0.5, 0.6) is 11.5 Å². The van der Waals surface area contributed by atoms with Crippen LogP contribution in [0.25, 0.3) is 12.2 Å². The van der Waals surface area contributed by atoms with Crippen molar-refractivity contribution >= 4 is 41.1 Å². The van der Waals surface area contributed by atoms with E-state index >= 15 is 0 Å². The molecule has 0 fully saturated rings. The lowest BCUT2D eigenvalue weighted by Gasteiger charge is -2.15. The molecule has 0 aliphatic heterocycles. The third-order valence-electron chi connectivity index (χ3n) is 4.27. The summed E-state index contributed by atoms with van der Waals surface area (Å²) in [6.07, 6.45) is -7.80. The Morgan fingerprint density at radius 2 is 1.09 bits per heavy atom. The van der Waals surface area contributed by atoms with Crippen molar-refractivity contribution in [2.45, 2.75) is 12.4 Å². The molecular weight excluding hydrogens is 523 g/mol. The van der Waals surface area contributed by atoms with Gasteiger partial charge in [0.2, 0.25) is 0 Å². The van der Waals surface area contributed by atoms with Crippen LogP contribution in [0.1, 0.15) is 22.3 Å². The highest BCUT2D eigenvalue weighted by Gasteiger charge is 2.39. The van der Waals surface area contributed by atoms with Crippen molar-refractivity contribution in [3.8, 4) is 11.5 Å². The van der Waals surface area contributed by atoms with Gasteiger partial charge in [0.15, 0.2) is 28.9 Å². The van der Waals surface area contributed by atoms with Crippen LogP contribution in [0.2, 0.25) is 10.0 Å². The lowest BCUT2D eigenvalue weighted by Crippen LogP contribution is -2.11. The van der Waals surface area contributed by atoms with Crippen LogP contribution in [-0.4, -0.2) is 20.0 Å². The number of hydrogen-bond donors (Lipinski definition) is 0. The molecule has 0 saturated carbocycles. The van der Waals surface area contributed by atoms with Crippen molar-refractivity contribution in [3.05, 3.63) is 68.2 Å². The number of carbonyl (C=O) groups is 1. The molecule has 0 aromatic heterocycles. The maximum absolute atomic E-state index is 13.9. The first kappa shape index (κ1) is 27.5. The molecule has 0 amide bonds. The fourth-order valence-electron chi connectivity index (χ4n) is 2.78. The van der Waals surface area contributed by atoms with Crippen LogP contribution in [0.3, 0.4) is 0 Å². The topological polar surface area (TPSA) is 35.5 Å². The number of halogens is 10. The van der Waals surface area contributed by atoms with Crippen LogP contribution in [0, 0.1) is 11.6 Å². The minimum Gasteiger partial charge on any atom is -0.494 e. The van der Waals surface area contributed by atoms with Gasteiger partial charge in [0.25, 0.3) is 0 Å². The summed E-state index contributed by atoms with van der Waals surface area (Å²) < 4.78 is 117. The van der Waals surface area contributed by atoms with Gasteiger partial charge in [-0.1, -0.05) is 35.4 Å². The average Bonchev–Trinajstić information content (AvgIpc) is 2.72. The summed E-state index contributed by atoms with van der Waals surface area (Å²) in [5, 5.41) is -2.59. The number of rotatable bonds is 6. The molecule has 0 bridgehead atoms. The van der Waals surface area contributed by atoms with E-state index in [0.29, 0.717) is 36.4 Å². The molecule has 0 unspecified atom stereocenters. The van der Waals surface area contributed by atoms with E-state index in [1.807, 2.05) is 0 Å². The van der Waals surface area contributed by atoms with E-state index < -0.39 is 73.6 Å². The Labute approximate surface area is 197 Å². The first-order valence-corrected chi connectivity index (χ1v) is 9.55. The third kappa shape index (κ3) is 5.82. The molecule has 2 aromatic carbocycles.